The molecule has 0 radical (unpaired) electrons. The zero-order valence-corrected chi connectivity index (χ0v) is 11.5. The molecule has 1 N–H and O–H groups in total. The Bertz CT molecular complexity index is 443. The first-order chi connectivity index (χ1) is 9.26. The molecule has 1 fully saturated rings. The molecular formula is C15H21NO3. The molecule has 1 aromatic carbocycles. The van der Waals surface area contributed by atoms with Gasteiger partial charge >= 0.3 is 0 Å². The fourth-order valence-electron chi connectivity index (χ4n) is 2.67. The van der Waals surface area contributed by atoms with E-state index in [9.17, 15) is 0 Å². The summed E-state index contributed by atoms with van der Waals surface area (Å²) in [4.78, 5) is 0. The number of fused-ring (bicyclic) bond motifs is 1. The van der Waals surface area contributed by atoms with Gasteiger partial charge in [-0.15, -0.1) is 0 Å². The summed E-state index contributed by atoms with van der Waals surface area (Å²) in [6, 6.07) is 7.07. The van der Waals surface area contributed by atoms with Crippen molar-refractivity contribution in [2.45, 2.75) is 38.0 Å². The van der Waals surface area contributed by atoms with Gasteiger partial charge in [0.2, 0.25) is 0 Å². The summed E-state index contributed by atoms with van der Waals surface area (Å²) in [7, 11) is 1.78. The monoisotopic (exact) mass is 263 g/mol. The van der Waals surface area contributed by atoms with Gasteiger partial charge < -0.3 is 19.5 Å². The van der Waals surface area contributed by atoms with E-state index in [0.717, 1.165) is 24.3 Å². The number of hydrogen-bond acceptors (Lipinski definition) is 4. The fourth-order valence-corrected chi connectivity index (χ4v) is 2.67. The average molecular weight is 263 g/mol. The first-order valence-electron chi connectivity index (χ1n) is 6.94. The molecule has 1 aromatic rings. The van der Waals surface area contributed by atoms with Gasteiger partial charge in [0.25, 0.3) is 0 Å². The van der Waals surface area contributed by atoms with Gasteiger partial charge in [-0.25, -0.2) is 0 Å². The Balaban J connectivity index is 1.62. The number of benzene rings is 1. The topological polar surface area (TPSA) is 39.7 Å². The van der Waals surface area contributed by atoms with Crippen molar-refractivity contribution in [2.75, 3.05) is 20.3 Å². The molecule has 1 heterocycles. The van der Waals surface area contributed by atoms with Crippen molar-refractivity contribution in [3.63, 3.8) is 0 Å². The second-order valence-corrected chi connectivity index (χ2v) is 5.32. The smallest absolute Gasteiger partial charge is 0.161 e. The van der Waals surface area contributed by atoms with E-state index >= 15 is 0 Å². The Morgan fingerprint density at radius 2 is 1.95 bits per heavy atom. The second-order valence-electron chi connectivity index (χ2n) is 5.32. The van der Waals surface area contributed by atoms with Crippen molar-refractivity contribution >= 4 is 0 Å². The molecule has 2 aliphatic rings. The lowest BCUT2D eigenvalue weighted by Crippen LogP contribution is -2.45. The van der Waals surface area contributed by atoms with Crippen molar-refractivity contribution in [3.8, 4) is 11.5 Å². The SMILES string of the molecule is COC1CC(NC(C)c2ccc3c(c2)OCCO3)C1. The Morgan fingerprint density at radius 1 is 1.21 bits per heavy atom. The van der Waals surface area contributed by atoms with E-state index in [1.54, 1.807) is 7.11 Å². The lowest BCUT2D eigenvalue weighted by atomic mass is 9.88. The van der Waals surface area contributed by atoms with Crippen LogP contribution >= 0.6 is 0 Å². The molecule has 4 heteroatoms. The van der Waals surface area contributed by atoms with Crippen LogP contribution in [0.4, 0.5) is 0 Å². The summed E-state index contributed by atoms with van der Waals surface area (Å²) in [5, 5.41) is 3.63. The molecule has 4 nitrogen and oxygen atoms in total. The van der Waals surface area contributed by atoms with Crippen molar-refractivity contribution in [1.82, 2.24) is 5.32 Å². The number of ether oxygens (including phenoxy) is 3. The number of nitrogens with one attached hydrogen (secondary N) is 1. The van der Waals surface area contributed by atoms with Crippen LogP contribution in [0.3, 0.4) is 0 Å². The van der Waals surface area contributed by atoms with Gasteiger partial charge in [0.05, 0.1) is 6.10 Å². The second kappa shape index (κ2) is 5.39. The van der Waals surface area contributed by atoms with Gasteiger partial charge in [-0.1, -0.05) is 6.07 Å². The van der Waals surface area contributed by atoms with E-state index < -0.39 is 0 Å². The van der Waals surface area contributed by atoms with Gasteiger partial charge in [0, 0.05) is 19.2 Å². The summed E-state index contributed by atoms with van der Waals surface area (Å²) < 4.78 is 16.5. The summed E-state index contributed by atoms with van der Waals surface area (Å²) in [6.07, 6.45) is 2.64. The molecule has 1 aliphatic carbocycles. The minimum absolute atomic E-state index is 0.318. The van der Waals surface area contributed by atoms with Crippen LogP contribution in [0.2, 0.25) is 0 Å². The predicted molar refractivity (Wildman–Crippen MR) is 72.8 cm³/mol. The zero-order chi connectivity index (χ0) is 13.2. The molecule has 0 saturated heterocycles. The van der Waals surface area contributed by atoms with E-state index in [1.807, 2.05) is 6.07 Å². The van der Waals surface area contributed by atoms with Crippen LogP contribution in [0.15, 0.2) is 18.2 Å². The Kier molecular flexibility index (Phi) is 3.62. The van der Waals surface area contributed by atoms with Gasteiger partial charge in [-0.05, 0) is 37.5 Å². The molecular weight excluding hydrogens is 242 g/mol. The van der Waals surface area contributed by atoms with Crippen LogP contribution in [-0.2, 0) is 4.74 Å². The van der Waals surface area contributed by atoms with Gasteiger partial charge in [-0.2, -0.15) is 0 Å². The average Bonchev–Trinajstić information content (AvgIpc) is 2.41. The quantitative estimate of drug-likeness (QED) is 0.904. The molecule has 1 aliphatic heterocycles. The summed E-state index contributed by atoms with van der Waals surface area (Å²) >= 11 is 0. The third kappa shape index (κ3) is 2.69. The lowest BCUT2D eigenvalue weighted by Gasteiger charge is -2.37. The van der Waals surface area contributed by atoms with Crippen molar-refractivity contribution in [2.24, 2.45) is 0 Å². The summed E-state index contributed by atoms with van der Waals surface area (Å²) in [6.45, 7) is 3.46. The maximum absolute atomic E-state index is 5.62. The molecule has 1 atom stereocenters. The van der Waals surface area contributed by atoms with Gasteiger partial charge in [-0.3, -0.25) is 0 Å². The summed E-state index contributed by atoms with van der Waals surface area (Å²) in [5.41, 5.74) is 1.24. The van der Waals surface area contributed by atoms with Crippen LogP contribution in [0, 0.1) is 0 Å². The maximum Gasteiger partial charge on any atom is 0.161 e. The number of rotatable bonds is 4. The van der Waals surface area contributed by atoms with Crippen LogP contribution in [0.5, 0.6) is 11.5 Å². The highest BCUT2D eigenvalue weighted by Gasteiger charge is 2.30. The van der Waals surface area contributed by atoms with E-state index in [1.165, 1.54) is 5.56 Å². The first-order valence-corrected chi connectivity index (χ1v) is 6.94. The number of hydrogen-bond donors (Lipinski definition) is 1. The largest absolute Gasteiger partial charge is 0.486 e. The highest BCUT2D eigenvalue weighted by molar-refractivity contribution is 5.44. The minimum Gasteiger partial charge on any atom is -0.486 e. The van der Waals surface area contributed by atoms with Gasteiger partial charge in [0.15, 0.2) is 11.5 Å². The predicted octanol–water partition coefficient (Wildman–Crippen LogP) is 2.29. The van der Waals surface area contributed by atoms with Crippen LogP contribution < -0.4 is 14.8 Å². The Morgan fingerprint density at radius 3 is 2.68 bits per heavy atom. The highest BCUT2D eigenvalue weighted by atomic mass is 16.6. The van der Waals surface area contributed by atoms with Crippen LogP contribution in [0.25, 0.3) is 0 Å². The molecule has 0 bridgehead atoms. The van der Waals surface area contributed by atoms with E-state index in [4.69, 9.17) is 14.2 Å². The van der Waals surface area contributed by atoms with E-state index in [2.05, 4.69) is 24.4 Å². The zero-order valence-electron chi connectivity index (χ0n) is 11.5. The van der Waals surface area contributed by atoms with Crippen molar-refractivity contribution in [3.05, 3.63) is 23.8 Å². The molecule has 0 amide bonds. The van der Waals surface area contributed by atoms with Crippen LogP contribution in [-0.4, -0.2) is 32.5 Å². The third-order valence-electron chi connectivity index (χ3n) is 3.98. The van der Waals surface area contributed by atoms with Gasteiger partial charge in [0.1, 0.15) is 13.2 Å². The summed E-state index contributed by atoms with van der Waals surface area (Å²) in [5.74, 6) is 1.71. The fraction of sp³-hybridized carbons (Fsp3) is 0.600. The molecule has 0 aromatic heterocycles. The first kappa shape index (κ1) is 12.8. The normalized spacial score (nSPS) is 26.6. The molecule has 104 valence electrons. The Hall–Kier alpha value is -1.26. The minimum atomic E-state index is 0.318. The molecule has 0 spiro atoms. The molecule has 1 saturated carbocycles. The maximum atomic E-state index is 5.62. The van der Waals surface area contributed by atoms with E-state index in [0.29, 0.717) is 31.4 Å². The van der Waals surface area contributed by atoms with Crippen molar-refractivity contribution < 1.29 is 14.2 Å². The lowest BCUT2D eigenvalue weighted by molar-refractivity contribution is 0.0147. The van der Waals surface area contributed by atoms with Crippen molar-refractivity contribution in [1.29, 1.82) is 0 Å². The molecule has 3 rings (SSSR count). The van der Waals surface area contributed by atoms with Crippen LogP contribution in [0.1, 0.15) is 31.4 Å². The Labute approximate surface area is 114 Å². The van der Waals surface area contributed by atoms with E-state index in [-0.39, 0.29) is 0 Å². The number of methoxy groups -OCH3 is 1. The molecule has 1 unspecified atom stereocenters. The highest BCUT2D eigenvalue weighted by Crippen LogP contribution is 2.33. The third-order valence-corrected chi connectivity index (χ3v) is 3.98. The standard InChI is InChI=1S/C15H21NO3/c1-10(16-12-8-13(9-12)17-2)11-3-4-14-15(7-11)19-6-5-18-14/h3-4,7,10,12-13,16H,5-6,8-9H2,1-2H3. The molecule has 19 heavy (non-hydrogen) atoms.